The summed E-state index contributed by atoms with van der Waals surface area (Å²) in [6.07, 6.45) is 15.7. The van der Waals surface area contributed by atoms with Crippen LogP contribution in [0.3, 0.4) is 0 Å². The lowest BCUT2D eigenvalue weighted by molar-refractivity contribution is -0.113. The average molecular weight is 420 g/mol. The van der Waals surface area contributed by atoms with E-state index in [0.29, 0.717) is 16.9 Å². The monoisotopic (exact) mass is 419 g/mol. The molecule has 0 heterocycles. The average Bonchev–Trinajstić information content (AvgIpc) is 2.73. The van der Waals surface area contributed by atoms with Crippen LogP contribution in [0.1, 0.15) is 73.1 Å². The maximum Gasteiger partial charge on any atom is 0.220 e. The third-order valence-electron chi connectivity index (χ3n) is 10.0. The lowest BCUT2D eigenvalue weighted by atomic mass is 9.43. The van der Waals surface area contributed by atoms with E-state index in [1.54, 1.807) is 11.6 Å². The van der Waals surface area contributed by atoms with Gasteiger partial charge in [-0.15, -0.1) is 0 Å². The molecule has 0 amide bonds. The second-order valence-corrected chi connectivity index (χ2v) is 12.0. The van der Waals surface area contributed by atoms with Gasteiger partial charge in [-0.25, -0.2) is 0 Å². The molecule has 0 bridgehead atoms. The van der Waals surface area contributed by atoms with Crippen LogP contribution in [0.4, 0.5) is 0 Å². The Bertz CT molecular complexity index is 1040. The molecule has 166 valence electrons. The van der Waals surface area contributed by atoms with Gasteiger partial charge in [0.15, 0.2) is 5.76 Å². The molecule has 0 saturated heterocycles. The van der Waals surface area contributed by atoms with Gasteiger partial charge in [-0.2, -0.15) is 0 Å². The number of rotatable bonds is 1. The smallest absolute Gasteiger partial charge is 0.220 e. The van der Waals surface area contributed by atoms with Crippen molar-refractivity contribution in [2.75, 3.05) is 6.54 Å². The first-order valence-corrected chi connectivity index (χ1v) is 12.0. The normalized spacial score (nSPS) is 44.2. The van der Waals surface area contributed by atoms with E-state index in [4.69, 9.17) is 5.73 Å². The maximum absolute atomic E-state index is 12.5. The Labute approximate surface area is 186 Å². The van der Waals surface area contributed by atoms with Gasteiger partial charge in [-0.3, -0.25) is 4.79 Å². The van der Waals surface area contributed by atoms with Crippen LogP contribution in [0.2, 0.25) is 0 Å². The van der Waals surface area contributed by atoms with Crippen molar-refractivity contribution in [2.24, 2.45) is 33.3 Å². The van der Waals surface area contributed by atoms with Gasteiger partial charge in [0.25, 0.3) is 0 Å². The van der Waals surface area contributed by atoms with Crippen LogP contribution in [0.5, 0.6) is 0 Å². The van der Waals surface area contributed by atoms with Gasteiger partial charge in [-0.05, 0) is 91.5 Å². The summed E-state index contributed by atoms with van der Waals surface area (Å²) in [6.45, 7) is 12.3. The van der Waals surface area contributed by atoms with E-state index in [0.717, 1.165) is 30.5 Å². The zero-order valence-corrected chi connectivity index (χ0v) is 19.8. The Morgan fingerprint density at radius 2 is 1.77 bits per heavy atom. The van der Waals surface area contributed by atoms with Gasteiger partial charge in [0.1, 0.15) is 0 Å². The molecular weight excluding hydrogens is 382 g/mol. The topological polar surface area (TPSA) is 63.3 Å². The summed E-state index contributed by atoms with van der Waals surface area (Å²) in [5, 5.41) is 10.2. The lowest BCUT2D eigenvalue weighted by Gasteiger charge is -2.61. The van der Waals surface area contributed by atoms with Crippen molar-refractivity contribution in [3.05, 3.63) is 57.9 Å². The maximum atomic E-state index is 12.5. The Kier molecular flexibility index (Phi) is 4.30. The third kappa shape index (κ3) is 2.65. The van der Waals surface area contributed by atoms with E-state index >= 15 is 0 Å². The Morgan fingerprint density at radius 1 is 1.06 bits per heavy atom. The second kappa shape index (κ2) is 6.34. The molecule has 0 spiro atoms. The molecule has 3 nitrogen and oxygen atoms in total. The van der Waals surface area contributed by atoms with Crippen molar-refractivity contribution in [3.8, 4) is 0 Å². The number of aliphatic hydroxyl groups is 1. The predicted octanol–water partition coefficient (Wildman–Crippen LogP) is 6.10. The Balaban J connectivity index is 1.64. The summed E-state index contributed by atoms with van der Waals surface area (Å²) < 4.78 is 0. The Hall–Kier alpha value is -1.87. The minimum Gasteiger partial charge on any atom is -0.504 e. The van der Waals surface area contributed by atoms with E-state index in [9.17, 15) is 9.90 Å². The van der Waals surface area contributed by atoms with E-state index in [1.165, 1.54) is 31.3 Å². The molecule has 3 heteroatoms. The molecule has 5 atom stereocenters. The quantitative estimate of drug-likeness (QED) is 0.505. The number of aliphatic hydroxyl groups excluding tert-OH is 1. The number of fused-ring (bicyclic) bond motifs is 7. The third-order valence-corrected chi connectivity index (χ3v) is 10.0. The highest BCUT2D eigenvalue weighted by Crippen LogP contribution is 2.68. The molecule has 31 heavy (non-hydrogen) atoms. The van der Waals surface area contributed by atoms with Gasteiger partial charge in [0.05, 0.1) is 0 Å². The molecule has 5 aliphatic carbocycles. The molecule has 0 aliphatic heterocycles. The van der Waals surface area contributed by atoms with Crippen molar-refractivity contribution in [2.45, 2.75) is 73.1 Å². The lowest BCUT2D eigenvalue weighted by Crippen LogP contribution is -2.52. The minimum atomic E-state index is -0.255. The van der Waals surface area contributed by atoms with Gasteiger partial charge in [0.2, 0.25) is 5.78 Å². The first-order chi connectivity index (χ1) is 14.5. The molecule has 2 saturated carbocycles. The predicted molar refractivity (Wildman–Crippen MR) is 125 cm³/mol. The SMILES string of the molecule is CC1=C(O)C(=O)C=C2C1=CC=C1[C@@]2(C)CC=C2[C@@H]3C[C@](C)(CN)CC[C@]3(C)CC[C@@]21C. The second-order valence-electron chi connectivity index (χ2n) is 12.0. The summed E-state index contributed by atoms with van der Waals surface area (Å²) in [6, 6.07) is 0. The molecular formula is C28H37NO2. The highest BCUT2D eigenvalue weighted by molar-refractivity contribution is 6.06. The number of carbonyl (C=O) groups is 1. The van der Waals surface area contributed by atoms with E-state index in [-0.39, 0.29) is 27.8 Å². The number of ketones is 1. The number of hydrogen-bond donors (Lipinski definition) is 2. The van der Waals surface area contributed by atoms with Crippen molar-refractivity contribution in [3.63, 3.8) is 0 Å². The fourth-order valence-electron chi connectivity index (χ4n) is 7.58. The number of nitrogens with two attached hydrogens (primary N) is 1. The van der Waals surface area contributed by atoms with Gasteiger partial charge in [-0.1, -0.05) is 51.5 Å². The first-order valence-electron chi connectivity index (χ1n) is 12.0. The minimum absolute atomic E-state index is 0.0209. The molecule has 0 aromatic carbocycles. The number of hydrogen-bond acceptors (Lipinski definition) is 3. The standard InChI is InChI=1S/C28H37NO2/c1-17-18-6-7-23-27(4,20(18)14-22(30)24(17)31)9-8-19-21-15-25(2,16-29)10-11-26(21,3)12-13-28(19,23)5/h6-8,14,21,31H,9-13,15-16,29H2,1-5H3/t21-,25+,26+,27-,28-/m0/s1. The summed E-state index contributed by atoms with van der Waals surface area (Å²) in [7, 11) is 0. The van der Waals surface area contributed by atoms with Crippen molar-refractivity contribution in [1.29, 1.82) is 0 Å². The molecule has 0 aromatic rings. The summed E-state index contributed by atoms with van der Waals surface area (Å²) in [4.78, 5) is 12.5. The highest BCUT2D eigenvalue weighted by Gasteiger charge is 2.58. The first kappa shape index (κ1) is 21.0. The molecule has 0 radical (unpaired) electrons. The summed E-state index contributed by atoms with van der Waals surface area (Å²) in [5.74, 6) is 0.219. The molecule has 0 aromatic heterocycles. The molecule has 5 rings (SSSR count). The van der Waals surface area contributed by atoms with Crippen LogP contribution in [0, 0.1) is 27.6 Å². The molecule has 3 N–H and O–H groups in total. The van der Waals surface area contributed by atoms with Crippen LogP contribution < -0.4 is 5.73 Å². The van der Waals surface area contributed by atoms with Crippen LogP contribution in [0.15, 0.2) is 57.9 Å². The largest absolute Gasteiger partial charge is 0.504 e. The molecule has 5 aliphatic rings. The molecule has 2 fully saturated rings. The summed E-state index contributed by atoms with van der Waals surface area (Å²) in [5.41, 5.74) is 12.6. The fourth-order valence-corrected chi connectivity index (χ4v) is 7.58. The van der Waals surface area contributed by atoms with E-state index in [1.807, 2.05) is 6.92 Å². The highest BCUT2D eigenvalue weighted by atomic mass is 16.3. The van der Waals surface area contributed by atoms with Crippen molar-refractivity contribution in [1.82, 2.24) is 0 Å². The van der Waals surface area contributed by atoms with Crippen molar-refractivity contribution >= 4 is 5.78 Å². The van der Waals surface area contributed by atoms with E-state index < -0.39 is 0 Å². The molecule has 0 unspecified atom stereocenters. The summed E-state index contributed by atoms with van der Waals surface area (Å²) >= 11 is 0. The van der Waals surface area contributed by atoms with Gasteiger partial charge in [0, 0.05) is 16.4 Å². The van der Waals surface area contributed by atoms with Gasteiger partial charge < -0.3 is 10.8 Å². The van der Waals surface area contributed by atoms with Crippen LogP contribution in [-0.4, -0.2) is 17.4 Å². The van der Waals surface area contributed by atoms with Crippen LogP contribution >= 0.6 is 0 Å². The fraction of sp³-hybridized carbons (Fsp3) is 0.607. The number of carbonyl (C=O) groups excluding carboxylic acids is 1. The van der Waals surface area contributed by atoms with E-state index in [2.05, 4.69) is 45.9 Å². The van der Waals surface area contributed by atoms with Gasteiger partial charge >= 0.3 is 0 Å². The zero-order chi connectivity index (χ0) is 22.4. The Morgan fingerprint density at radius 3 is 2.48 bits per heavy atom. The zero-order valence-electron chi connectivity index (χ0n) is 19.8. The number of allylic oxidation sites excluding steroid dienone is 9. The van der Waals surface area contributed by atoms with Crippen LogP contribution in [0.25, 0.3) is 0 Å². The van der Waals surface area contributed by atoms with Crippen molar-refractivity contribution < 1.29 is 9.90 Å². The van der Waals surface area contributed by atoms with Crippen LogP contribution in [-0.2, 0) is 4.79 Å².